The third-order valence-electron chi connectivity index (χ3n) is 3.50. The number of likely N-dealkylation sites (tertiary alicyclic amines) is 1. The highest BCUT2D eigenvalue weighted by atomic mass is 32.1. The van der Waals surface area contributed by atoms with E-state index in [0.717, 1.165) is 13.1 Å². The maximum atomic E-state index is 12.0. The van der Waals surface area contributed by atoms with Crippen LogP contribution < -0.4 is 5.32 Å². The van der Waals surface area contributed by atoms with E-state index in [1.54, 1.807) is 16.7 Å². The van der Waals surface area contributed by atoms with Gasteiger partial charge < -0.3 is 5.32 Å². The second kappa shape index (κ2) is 6.43. The molecule has 1 saturated heterocycles. The largest absolute Gasteiger partial charge is 0.349 e. The van der Waals surface area contributed by atoms with Crippen molar-refractivity contribution in [3.05, 3.63) is 33.5 Å². The lowest BCUT2D eigenvalue weighted by atomic mass is 10.2. The monoisotopic (exact) mass is 308 g/mol. The average Bonchev–Trinajstić information content (AvgIpc) is 3.22. The summed E-state index contributed by atoms with van der Waals surface area (Å²) in [6.07, 6.45) is 2.48. The molecule has 3 rings (SSSR count). The first kappa shape index (κ1) is 13.7. The van der Waals surface area contributed by atoms with Crippen molar-refractivity contribution in [3.63, 3.8) is 0 Å². The minimum Gasteiger partial charge on any atom is -0.349 e. The van der Waals surface area contributed by atoms with Gasteiger partial charge in [-0.1, -0.05) is 10.6 Å². The fourth-order valence-electron chi connectivity index (χ4n) is 2.49. The van der Waals surface area contributed by atoms with Crippen molar-refractivity contribution in [2.75, 3.05) is 19.6 Å². The third kappa shape index (κ3) is 3.05. The Morgan fingerprint density at radius 3 is 2.95 bits per heavy atom. The van der Waals surface area contributed by atoms with Gasteiger partial charge >= 0.3 is 0 Å². The molecule has 0 aliphatic carbocycles. The minimum absolute atomic E-state index is 0.139. The van der Waals surface area contributed by atoms with Gasteiger partial charge in [0.1, 0.15) is 0 Å². The van der Waals surface area contributed by atoms with Gasteiger partial charge in [0.15, 0.2) is 5.69 Å². The van der Waals surface area contributed by atoms with Crippen LogP contribution in [0.15, 0.2) is 22.9 Å². The molecule has 2 aromatic heterocycles. The van der Waals surface area contributed by atoms with Gasteiger partial charge in [-0.15, -0.1) is 16.4 Å². The molecule has 0 saturated carbocycles. The van der Waals surface area contributed by atoms with Crippen LogP contribution in [0.2, 0.25) is 0 Å². The molecule has 0 spiro atoms. The summed E-state index contributed by atoms with van der Waals surface area (Å²) in [5.41, 5.74) is 0.404. The molecule has 3 heterocycles. The number of thiophene rings is 1. The van der Waals surface area contributed by atoms with Crippen molar-refractivity contribution in [3.8, 4) is 0 Å². The van der Waals surface area contributed by atoms with Crippen molar-refractivity contribution >= 4 is 28.8 Å². The fourth-order valence-corrected chi connectivity index (χ4v) is 3.78. The Hall–Kier alpha value is -1.31. The fraction of sp³-hybridized carbons (Fsp3) is 0.462. The van der Waals surface area contributed by atoms with Gasteiger partial charge in [-0.25, -0.2) is 0 Å². The second-order valence-corrected chi connectivity index (χ2v) is 6.36. The highest BCUT2D eigenvalue weighted by Crippen LogP contribution is 2.27. The van der Waals surface area contributed by atoms with E-state index in [4.69, 9.17) is 0 Å². The van der Waals surface area contributed by atoms with E-state index in [9.17, 15) is 4.79 Å². The maximum absolute atomic E-state index is 12.0. The van der Waals surface area contributed by atoms with E-state index in [0.29, 0.717) is 12.2 Å². The quantitative estimate of drug-likeness (QED) is 0.919. The highest BCUT2D eigenvalue weighted by Gasteiger charge is 2.25. The van der Waals surface area contributed by atoms with Crippen LogP contribution in [0.25, 0.3) is 0 Å². The first-order chi connectivity index (χ1) is 9.84. The van der Waals surface area contributed by atoms with Crippen LogP contribution in [-0.4, -0.2) is 40.0 Å². The van der Waals surface area contributed by atoms with E-state index < -0.39 is 0 Å². The smallest absolute Gasteiger partial charge is 0.272 e. The van der Waals surface area contributed by atoms with Crippen LogP contribution in [0.3, 0.4) is 0 Å². The number of amides is 1. The molecule has 1 atom stereocenters. The Morgan fingerprint density at radius 2 is 2.30 bits per heavy atom. The zero-order chi connectivity index (χ0) is 13.8. The van der Waals surface area contributed by atoms with Crippen LogP contribution in [0, 0.1) is 0 Å². The highest BCUT2D eigenvalue weighted by molar-refractivity contribution is 7.10. The predicted molar refractivity (Wildman–Crippen MR) is 80.1 cm³/mol. The van der Waals surface area contributed by atoms with Gasteiger partial charge in [0.25, 0.3) is 5.91 Å². The second-order valence-electron chi connectivity index (χ2n) is 4.77. The van der Waals surface area contributed by atoms with Crippen molar-refractivity contribution in [1.29, 1.82) is 0 Å². The molecular formula is C13H16N4OS2. The molecule has 1 N–H and O–H groups in total. The number of carbonyl (C=O) groups excluding carboxylic acids is 1. The number of aromatic nitrogens is 2. The first-order valence-corrected chi connectivity index (χ1v) is 8.39. The summed E-state index contributed by atoms with van der Waals surface area (Å²) in [5, 5.41) is 10.5. The van der Waals surface area contributed by atoms with Gasteiger partial charge in [-0.05, 0) is 48.9 Å². The Kier molecular flexibility index (Phi) is 4.39. The number of hydrogen-bond acceptors (Lipinski definition) is 6. The summed E-state index contributed by atoms with van der Waals surface area (Å²) < 4.78 is 3.72. The number of hydrogen-bond donors (Lipinski definition) is 1. The standard InChI is InChI=1S/C13H16N4OS2/c18-13(10-9-20-16-15-10)14-8-11(12-4-3-7-19-12)17-5-1-2-6-17/h3-4,7,9,11H,1-2,5-6,8H2,(H,14,18)/t11-/m0/s1. The molecular weight excluding hydrogens is 292 g/mol. The predicted octanol–water partition coefficient (Wildman–Crippen LogP) is 2.17. The Balaban J connectivity index is 1.66. The zero-order valence-electron chi connectivity index (χ0n) is 11.0. The van der Waals surface area contributed by atoms with E-state index >= 15 is 0 Å². The van der Waals surface area contributed by atoms with Crippen LogP contribution in [0.4, 0.5) is 0 Å². The van der Waals surface area contributed by atoms with Crippen LogP contribution in [-0.2, 0) is 0 Å². The molecule has 1 amide bonds. The molecule has 0 unspecified atom stereocenters. The van der Waals surface area contributed by atoms with E-state index in [2.05, 4.69) is 37.3 Å². The zero-order valence-corrected chi connectivity index (χ0v) is 12.6. The Labute approximate surface area is 125 Å². The van der Waals surface area contributed by atoms with Crippen LogP contribution >= 0.6 is 22.9 Å². The molecule has 0 aromatic carbocycles. The molecule has 7 heteroatoms. The third-order valence-corrected chi connectivity index (χ3v) is 4.98. The molecule has 2 aromatic rings. The summed E-state index contributed by atoms with van der Waals surface area (Å²) >= 11 is 2.94. The lowest BCUT2D eigenvalue weighted by Crippen LogP contribution is -2.36. The van der Waals surface area contributed by atoms with Crippen LogP contribution in [0.5, 0.6) is 0 Å². The number of carbonyl (C=O) groups is 1. The van der Waals surface area contributed by atoms with E-state index in [-0.39, 0.29) is 11.9 Å². The molecule has 0 bridgehead atoms. The van der Waals surface area contributed by atoms with Gasteiger partial charge in [-0.3, -0.25) is 9.69 Å². The lowest BCUT2D eigenvalue weighted by Gasteiger charge is -2.26. The Bertz CT molecular complexity index is 535. The summed E-state index contributed by atoms with van der Waals surface area (Å²) in [7, 11) is 0. The number of nitrogens with zero attached hydrogens (tertiary/aromatic N) is 3. The molecule has 1 aliphatic rings. The van der Waals surface area contributed by atoms with Crippen molar-refractivity contribution in [1.82, 2.24) is 19.8 Å². The molecule has 20 heavy (non-hydrogen) atoms. The topological polar surface area (TPSA) is 58.1 Å². The van der Waals surface area contributed by atoms with Crippen molar-refractivity contribution in [2.24, 2.45) is 0 Å². The average molecular weight is 308 g/mol. The van der Waals surface area contributed by atoms with Gasteiger partial charge in [0.2, 0.25) is 0 Å². The van der Waals surface area contributed by atoms with Gasteiger partial charge in [0.05, 0.1) is 6.04 Å². The van der Waals surface area contributed by atoms with Crippen molar-refractivity contribution in [2.45, 2.75) is 18.9 Å². The maximum Gasteiger partial charge on any atom is 0.272 e. The molecule has 106 valence electrons. The SMILES string of the molecule is O=C(NC[C@@H](c1cccs1)N1CCCC1)c1csnn1. The lowest BCUT2D eigenvalue weighted by molar-refractivity contribution is 0.0933. The summed E-state index contributed by atoms with van der Waals surface area (Å²) in [6.45, 7) is 2.84. The molecule has 0 radical (unpaired) electrons. The molecule has 1 aliphatic heterocycles. The summed E-state index contributed by atoms with van der Waals surface area (Å²) in [6, 6.07) is 4.48. The van der Waals surface area contributed by atoms with Crippen molar-refractivity contribution < 1.29 is 4.79 Å². The van der Waals surface area contributed by atoms with Gasteiger partial charge in [-0.2, -0.15) is 0 Å². The van der Waals surface area contributed by atoms with E-state index in [1.165, 1.54) is 29.3 Å². The normalized spacial score (nSPS) is 17.2. The van der Waals surface area contributed by atoms with Gasteiger partial charge in [0, 0.05) is 16.8 Å². The Morgan fingerprint density at radius 1 is 1.45 bits per heavy atom. The summed E-state index contributed by atoms with van der Waals surface area (Å²) in [5.74, 6) is -0.139. The minimum atomic E-state index is -0.139. The molecule has 1 fully saturated rings. The number of nitrogens with one attached hydrogen (secondary N) is 1. The first-order valence-electron chi connectivity index (χ1n) is 6.67. The summed E-state index contributed by atoms with van der Waals surface area (Å²) in [4.78, 5) is 15.7. The number of rotatable bonds is 5. The van der Waals surface area contributed by atoms with Crippen LogP contribution in [0.1, 0.15) is 34.2 Å². The molecule has 5 nitrogen and oxygen atoms in total. The van der Waals surface area contributed by atoms with E-state index in [1.807, 2.05) is 0 Å².